The topological polar surface area (TPSA) is 57.5 Å². The number of hydrogen-bond acceptors (Lipinski definition) is 4. The lowest BCUT2D eigenvalue weighted by atomic mass is 10.3. The van der Waals surface area contributed by atoms with Crippen LogP contribution in [0.4, 0.5) is 5.82 Å². The molecule has 4 heteroatoms. The number of oxime groups is 1. The summed E-state index contributed by atoms with van der Waals surface area (Å²) in [7, 11) is 0. The summed E-state index contributed by atoms with van der Waals surface area (Å²) in [6.07, 6.45) is 4.07. The van der Waals surface area contributed by atoms with Gasteiger partial charge in [-0.05, 0) is 18.6 Å². The number of hydrogen-bond donors (Lipinski definition) is 2. The highest BCUT2D eigenvalue weighted by Crippen LogP contribution is 2.02. The van der Waals surface area contributed by atoms with E-state index in [2.05, 4.69) is 22.4 Å². The number of pyridine rings is 1. The molecule has 70 valence electrons. The number of rotatable bonds is 4. The summed E-state index contributed by atoms with van der Waals surface area (Å²) in [5.74, 6) is 0.844. The average Bonchev–Trinajstić information content (AvgIpc) is 2.17. The van der Waals surface area contributed by atoms with E-state index in [1.165, 1.54) is 6.21 Å². The van der Waals surface area contributed by atoms with E-state index in [9.17, 15) is 0 Å². The predicted octanol–water partition coefficient (Wildman–Crippen LogP) is 1.71. The van der Waals surface area contributed by atoms with Gasteiger partial charge in [0.25, 0.3) is 0 Å². The maximum Gasteiger partial charge on any atom is 0.125 e. The van der Waals surface area contributed by atoms with Gasteiger partial charge in [-0.3, -0.25) is 0 Å². The summed E-state index contributed by atoms with van der Waals surface area (Å²) in [5.41, 5.74) is 0.782. The van der Waals surface area contributed by atoms with Gasteiger partial charge in [0.1, 0.15) is 5.82 Å². The largest absolute Gasteiger partial charge is 0.411 e. The van der Waals surface area contributed by atoms with E-state index < -0.39 is 0 Å². The third kappa shape index (κ3) is 3.11. The van der Waals surface area contributed by atoms with Crippen LogP contribution in [0.5, 0.6) is 0 Å². The first kappa shape index (κ1) is 9.51. The maximum absolute atomic E-state index is 8.26. The van der Waals surface area contributed by atoms with Crippen LogP contribution >= 0.6 is 0 Å². The average molecular weight is 179 g/mol. The number of aromatic nitrogens is 1. The Labute approximate surface area is 77.3 Å². The number of nitrogens with one attached hydrogen (secondary N) is 1. The molecule has 1 aromatic heterocycles. The Morgan fingerprint density at radius 3 is 3.00 bits per heavy atom. The second-order valence-electron chi connectivity index (χ2n) is 2.65. The first-order valence-corrected chi connectivity index (χ1v) is 4.24. The van der Waals surface area contributed by atoms with Crippen LogP contribution in [-0.4, -0.2) is 23.0 Å². The van der Waals surface area contributed by atoms with Crippen molar-refractivity contribution in [2.45, 2.75) is 13.3 Å². The molecule has 0 unspecified atom stereocenters. The Bertz CT molecular complexity index is 269. The van der Waals surface area contributed by atoms with Crippen LogP contribution in [0.25, 0.3) is 0 Å². The van der Waals surface area contributed by atoms with Crippen molar-refractivity contribution in [3.63, 3.8) is 0 Å². The SMILES string of the molecule is CCCNc1ccc(C=NO)cn1. The molecule has 1 rings (SSSR count). The van der Waals surface area contributed by atoms with Crippen molar-refractivity contribution in [2.24, 2.45) is 5.16 Å². The summed E-state index contributed by atoms with van der Waals surface area (Å²) in [6.45, 7) is 3.01. The molecule has 0 spiro atoms. The molecule has 4 nitrogen and oxygen atoms in total. The molecule has 13 heavy (non-hydrogen) atoms. The normalized spacial score (nSPS) is 10.5. The van der Waals surface area contributed by atoms with E-state index in [-0.39, 0.29) is 0 Å². The molecule has 0 aromatic carbocycles. The van der Waals surface area contributed by atoms with Crippen molar-refractivity contribution in [1.82, 2.24) is 4.98 Å². The van der Waals surface area contributed by atoms with E-state index in [0.29, 0.717) is 0 Å². The zero-order chi connectivity index (χ0) is 9.52. The number of nitrogens with zero attached hydrogens (tertiary/aromatic N) is 2. The summed E-state index contributed by atoms with van der Waals surface area (Å²) in [4.78, 5) is 4.12. The molecule has 0 saturated heterocycles. The highest BCUT2D eigenvalue weighted by molar-refractivity contribution is 5.78. The third-order valence-electron chi connectivity index (χ3n) is 1.55. The fraction of sp³-hybridized carbons (Fsp3) is 0.333. The Morgan fingerprint density at radius 1 is 1.62 bits per heavy atom. The van der Waals surface area contributed by atoms with E-state index in [0.717, 1.165) is 24.3 Å². The monoisotopic (exact) mass is 179 g/mol. The van der Waals surface area contributed by atoms with Crippen molar-refractivity contribution in [2.75, 3.05) is 11.9 Å². The lowest BCUT2D eigenvalue weighted by Gasteiger charge is -2.02. The van der Waals surface area contributed by atoms with E-state index >= 15 is 0 Å². The van der Waals surface area contributed by atoms with Crippen molar-refractivity contribution in [1.29, 1.82) is 0 Å². The molecule has 1 heterocycles. The highest BCUT2D eigenvalue weighted by Gasteiger charge is 1.91. The molecule has 1 aromatic rings. The van der Waals surface area contributed by atoms with Gasteiger partial charge in [-0.2, -0.15) is 0 Å². The Hall–Kier alpha value is -1.58. The molecule has 0 aliphatic heterocycles. The molecule has 2 N–H and O–H groups in total. The Balaban J connectivity index is 2.58. The molecule has 0 amide bonds. The van der Waals surface area contributed by atoms with Gasteiger partial charge in [0.05, 0.1) is 6.21 Å². The second kappa shape index (κ2) is 5.13. The molecule has 0 saturated carbocycles. The van der Waals surface area contributed by atoms with Crippen LogP contribution in [0.15, 0.2) is 23.5 Å². The first-order valence-electron chi connectivity index (χ1n) is 4.24. The summed E-state index contributed by atoms with van der Waals surface area (Å²) in [6, 6.07) is 3.69. The van der Waals surface area contributed by atoms with E-state index in [1.54, 1.807) is 6.20 Å². The van der Waals surface area contributed by atoms with Gasteiger partial charge < -0.3 is 10.5 Å². The van der Waals surface area contributed by atoms with Gasteiger partial charge in [0.2, 0.25) is 0 Å². The van der Waals surface area contributed by atoms with Gasteiger partial charge in [0, 0.05) is 18.3 Å². The van der Waals surface area contributed by atoms with Crippen LogP contribution in [-0.2, 0) is 0 Å². The lowest BCUT2D eigenvalue weighted by molar-refractivity contribution is 0.322. The molecule has 0 fully saturated rings. The fourth-order valence-electron chi connectivity index (χ4n) is 0.906. The van der Waals surface area contributed by atoms with Crippen LogP contribution in [0.3, 0.4) is 0 Å². The maximum atomic E-state index is 8.26. The smallest absolute Gasteiger partial charge is 0.125 e. The van der Waals surface area contributed by atoms with Crippen molar-refractivity contribution >= 4 is 12.0 Å². The zero-order valence-corrected chi connectivity index (χ0v) is 7.57. The molecule has 0 aliphatic carbocycles. The van der Waals surface area contributed by atoms with Crippen LogP contribution in [0, 0.1) is 0 Å². The predicted molar refractivity (Wildman–Crippen MR) is 52.4 cm³/mol. The Kier molecular flexibility index (Phi) is 3.75. The number of anilines is 1. The van der Waals surface area contributed by atoms with Crippen LogP contribution < -0.4 is 5.32 Å². The highest BCUT2D eigenvalue weighted by atomic mass is 16.4. The van der Waals surface area contributed by atoms with Crippen molar-refractivity contribution in [3.8, 4) is 0 Å². The summed E-state index contributed by atoms with van der Waals surface area (Å²) in [5, 5.41) is 14.3. The van der Waals surface area contributed by atoms with Gasteiger partial charge >= 0.3 is 0 Å². The second-order valence-corrected chi connectivity index (χ2v) is 2.65. The first-order chi connectivity index (χ1) is 6.36. The van der Waals surface area contributed by atoms with Crippen LogP contribution in [0.2, 0.25) is 0 Å². The van der Waals surface area contributed by atoms with Crippen molar-refractivity contribution in [3.05, 3.63) is 23.9 Å². The van der Waals surface area contributed by atoms with Gasteiger partial charge in [-0.1, -0.05) is 12.1 Å². The van der Waals surface area contributed by atoms with Crippen molar-refractivity contribution < 1.29 is 5.21 Å². The molecular weight excluding hydrogens is 166 g/mol. The molecule has 0 aliphatic rings. The van der Waals surface area contributed by atoms with Gasteiger partial charge in [-0.15, -0.1) is 0 Å². The standard InChI is InChI=1S/C9H13N3O/c1-2-5-10-9-4-3-8(6-11-9)7-12-13/h3-4,6-7,13H,2,5H2,1H3,(H,10,11). The van der Waals surface area contributed by atoms with Gasteiger partial charge in [0.15, 0.2) is 0 Å². The fourth-order valence-corrected chi connectivity index (χ4v) is 0.906. The Morgan fingerprint density at radius 2 is 2.46 bits per heavy atom. The summed E-state index contributed by atoms with van der Waals surface area (Å²) < 4.78 is 0. The van der Waals surface area contributed by atoms with Gasteiger partial charge in [-0.25, -0.2) is 4.98 Å². The van der Waals surface area contributed by atoms with Crippen LogP contribution in [0.1, 0.15) is 18.9 Å². The minimum absolute atomic E-state index is 0.782. The molecule has 0 radical (unpaired) electrons. The van der Waals surface area contributed by atoms with E-state index in [4.69, 9.17) is 5.21 Å². The minimum Gasteiger partial charge on any atom is -0.411 e. The molecule has 0 bridgehead atoms. The quantitative estimate of drug-likeness (QED) is 0.420. The zero-order valence-electron chi connectivity index (χ0n) is 7.57. The lowest BCUT2D eigenvalue weighted by Crippen LogP contribution is -2.01. The summed E-state index contributed by atoms with van der Waals surface area (Å²) >= 11 is 0. The van der Waals surface area contributed by atoms with E-state index in [1.807, 2.05) is 12.1 Å². The molecule has 0 atom stereocenters. The molecular formula is C9H13N3O. The minimum atomic E-state index is 0.782. The third-order valence-corrected chi connectivity index (χ3v) is 1.55.